The van der Waals surface area contributed by atoms with Crippen molar-refractivity contribution in [2.75, 3.05) is 45.3 Å². The summed E-state index contributed by atoms with van der Waals surface area (Å²) >= 11 is 0. The fraction of sp³-hybridized carbons (Fsp3) is 0.650. The van der Waals surface area contributed by atoms with Gasteiger partial charge in [-0.1, -0.05) is 32.6 Å². The predicted octanol–water partition coefficient (Wildman–Crippen LogP) is 3.32. The van der Waals surface area contributed by atoms with Gasteiger partial charge in [-0.2, -0.15) is 0 Å². The zero-order valence-electron chi connectivity index (χ0n) is 16.7. The lowest BCUT2D eigenvalue weighted by molar-refractivity contribution is 0.0977. The van der Waals surface area contributed by atoms with Crippen LogP contribution in [0.4, 0.5) is 5.69 Å². The third-order valence-electron chi connectivity index (χ3n) is 4.91. The summed E-state index contributed by atoms with van der Waals surface area (Å²) in [5.74, 6) is 0.0174. The summed E-state index contributed by atoms with van der Waals surface area (Å²) in [5.41, 5.74) is 1.32. The molecular weight excluding hydrogens is 364 g/mol. The third-order valence-corrected chi connectivity index (χ3v) is 6.72. The number of ether oxygens (including phenoxy) is 1. The Hall–Kier alpha value is -1.44. The summed E-state index contributed by atoms with van der Waals surface area (Å²) in [6.07, 6.45) is 5.80. The normalized spacial score (nSPS) is 15.3. The summed E-state index contributed by atoms with van der Waals surface area (Å²) in [7, 11) is -0.574. The van der Waals surface area contributed by atoms with E-state index >= 15 is 0 Å². The van der Waals surface area contributed by atoms with Crippen molar-refractivity contribution in [3.05, 3.63) is 23.8 Å². The fourth-order valence-corrected chi connectivity index (χ4v) is 4.14. The van der Waals surface area contributed by atoms with Gasteiger partial charge < -0.3 is 9.64 Å². The van der Waals surface area contributed by atoms with Crippen LogP contribution in [0.2, 0.25) is 0 Å². The number of carbonyl (C=O) groups excluding carboxylic acids is 1. The second-order valence-electron chi connectivity index (χ2n) is 7.15. The van der Waals surface area contributed by atoms with Gasteiger partial charge in [0.2, 0.25) is 10.0 Å². The highest BCUT2D eigenvalue weighted by atomic mass is 32.2. The maximum Gasteiger partial charge on any atom is 0.242 e. The molecule has 1 aliphatic rings. The molecular formula is C20H32N2O4S. The topological polar surface area (TPSA) is 66.9 Å². The molecule has 1 heterocycles. The lowest BCUT2D eigenvalue weighted by Gasteiger charge is -2.30. The van der Waals surface area contributed by atoms with Crippen molar-refractivity contribution in [2.24, 2.45) is 0 Å². The number of morpholine rings is 1. The molecule has 0 aromatic heterocycles. The Morgan fingerprint density at radius 2 is 1.78 bits per heavy atom. The summed E-state index contributed by atoms with van der Waals surface area (Å²) in [6.45, 7) is 4.80. The van der Waals surface area contributed by atoms with Gasteiger partial charge in [0.1, 0.15) is 0 Å². The molecule has 6 nitrogen and oxygen atoms in total. The molecule has 1 aliphatic heterocycles. The largest absolute Gasteiger partial charge is 0.378 e. The standard InChI is InChI=1S/C20H32N2O4S/c1-4-5-6-7-8-9-20(23)18-16-17(27(24,25)21(2)3)10-11-19(18)22-12-14-26-15-13-22/h10-11,16H,4-9,12-15H2,1-3H3. The highest BCUT2D eigenvalue weighted by Gasteiger charge is 2.24. The van der Waals surface area contributed by atoms with Crippen molar-refractivity contribution in [3.63, 3.8) is 0 Å². The number of rotatable bonds is 10. The summed E-state index contributed by atoms with van der Waals surface area (Å²) < 4.78 is 31.6. The molecule has 1 aromatic carbocycles. The van der Waals surface area contributed by atoms with E-state index in [1.165, 1.54) is 31.2 Å². The van der Waals surface area contributed by atoms with Crippen LogP contribution in [0, 0.1) is 0 Å². The number of ketones is 1. The smallest absolute Gasteiger partial charge is 0.242 e. The number of benzene rings is 1. The number of unbranched alkanes of at least 4 members (excludes halogenated alkanes) is 4. The highest BCUT2D eigenvalue weighted by Crippen LogP contribution is 2.28. The maximum absolute atomic E-state index is 12.9. The van der Waals surface area contributed by atoms with Gasteiger partial charge in [-0.25, -0.2) is 12.7 Å². The molecule has 0 spiro atoms. The van der Waals surface area contributed by atoms with E-state index in [4.69, 9.17) is 4.74 Å². The molecule has 0 atom stereocenters. The van der Waals surface area contributed by atoms with Gasteiger partial charge in [0.05, 0.1) is 18.1 Å². The van der Waals surface area contributed by atoms with Crippen molar-refractivity contribution in [2.45, 2.75) is 50.3 Å². The first-order valence-corrected chi connectivity index (χ1v) is 11.2. The van der Waals surface area contributed by atoms with Crippen molar-refractivity contribution in [3.8, 4) is 0 Å². The van der Waals surface area contributed by atoms with Crippen LogP contribution in [0.1, 0.15) is 55.8 Å². The van der Waals surface area contributed by atoms with E-state index < -0.39 is 10.0 Å². The molecule has 0 N–H and O–H groups in total. The molecule has 0 unspecified atom stereocenters. The Balaban J connectivity index is 2.27. The van der Waals surface area contributed by atoms with Crippen molar-refractivity contribution in [1.29, 1.82) is 0 Å². The van der Waals surface area contributed by atoms with Crippen LogP contribution in [-0.2, 0) is 14.8 Å². The zero-order valence-corrected chi connectivity index (χ0v) is 17.6. The number of carbonyl (C=O) groups is 1. The molecule has 0 amide bonds. The van der Waals surface area contributed by atoms with Crippen LogP contribution >= 0.6 is 0 Å². The van der Waals surface area contributed by atoms with Crippen LogP contribution in [0.25, 0.3) is 0 Å². The van der Waals surface area contributed by atoms with E-state index in [2.05, 4.69) is 11.8 Å². The molecule has 27 heavy (non-hydrogen) atoms. The van der Waals surface area contributed by atoms with Crippen LogP contribution in [0.5, 0.6) is 0 Å². The Kier molecular flexibility index (Phi) is 8.26. The van der Waals surface area contributed by atoms with Gasteiger partial charge >= 0.3 is 0 Å². The average molecular weight is 397 g/mol. The van der Waals surface area contributed by atoms with E-state index in [1.807, 2.05) is 0 Å². The molecule has 1 saturated heterocycles. The first kappa shape index (κ1) is 21.9. The van der Waals surface area contributed by atoms with E-state index in [-0.39, 0.29) is 10.7 Å². The molecule has 0 aliphatic carbocycles. The first-order chi connectivity index (χ1) is 12.9. The molecule has 2 rings (SSSR count). The lowest BCUT2D eigenvalue weighted by Crippen LogP contribution is -2.37. The van der Waals surface area contributed by atoms with E-state index in [0.29, 0.717) is 38.3 Å². The van der Waals surface area contributed by atoms with E-state index in [0.717, 1.165) is 24.9 Å². The van der Waals surface area contributed by atoms with E-state index in [1.54, 1.807) is 18.2 Å². The van der Waals surface area contributed by atoms with Crippen molar-refractivity contribution in [1.82, 2.24) is 4.31 Å². The van der Waals surface area contributed by atoms with Crippen LogP contribution in [0.3, 0.4) is 0 Å². The zero-order chi connectivity index (χ0) is 19.9. The second-order valence-corrected chi connectivity index (χ2v) is 9.31. The molecule has 0 radical (unpaired) electrons. The summed E-state index contributed by atoms with van der Waals surface area (Å²) in [5, 5.41) is 0. The number of sulfonamides is 1. The highest BCUT2D eigenvalue weighted by molar-refractivity contribution is 7.89. The monoisotopic (exact) mass is 396 g/mol. The summed E-state index contributed by atoms with van der Waals surface area (Å²) in [6, 6.07) is 4.92. The number of Topliss-reactive ketones (excluding diaryl/α,β-unsaturated/α-hetero) is 1. The minimum Gasteiger partial charge on any atom is -0.378 e. The van der Waals surface area contributed by atoms with Gasteiger partial charge in [0, 0.05) is 44.9 Å². The number of hydrogen-bond donors (Lipinski definition) is 0. The molecule has 0 saturated carbocycles. The van der Waals surface area contributed by atoms with E-state index in [9.17, 15) is 13.2 Å². The SMILES string of the molecule is CCCCCCCC(=O)c1cc(S(=O)(=O)N(C)C)ccc1N1CCOCC1. The first-order valence-electron chi connectivity index (χ1n) is 9.80. The third kappa shape index (κ3) is 5.77. The maximum atomic E-state index is 12.9. The molecule has 0 bridgehead atoms. The van der Waals surface area contributed by atoms with Gasteiger partial charge in [0.25, 0.3) is 0 Å². The molecule has 1 fully saturated rings. The number of hydrogen-bond acceptors (Lipinski definition) is 5. The number of nitrogens with zero attached hydrogens (tertiary/aromatic N) is 2. The minimum atomic E-state index is -3.58. The van der Waals surface area contributed by atoms with Crippen LogP contribution < -0.4 is 4.90 Å². The minimum absolute atomic E-state index is 0.0174. The fourth-order valence-electron chi connectivity index (χ4n) is 3.21. The van der Waals surface area contributed by atoms with Crippen LogP contribution in [-0.4, -0.2) is 58.9 Å². The molecule has 7 heteroatoms. The quantitative estimate of drug-likeness (QED) is 0.448. The molecule has 152 valence electrons. The molecule has 1 aromatic rings. The predicted molar refractivity (Wildman–Crippen MR) is 108 cm³/mol. The average Bonchev–Trinajstić information content (AvgIpc) is 2.67. The number of anilines is 1. The van der Waals surface area contributed by atoms with Gasteiger partial charge in [-0.3, -0.25) is 4.79 Å². The van der Waals surface area contributed by atoms with Crippen LogP contribution in [0.15, 0.2) is 23.1 Å². The van der Waals surface area contributed by atoms with Gasteiger partial charge in [-0.15, -0.1) is 0 Å². The Morgan fingerprint density at radius 3 is 2.41 bits per heavy atom. The van der Waals surface area contributed by atoms with Crippen molar-refractivity contribution < 1.29 is 17.9 Å². The Labute approximate surface area is 163 Å². The second kappa shape index (κ2) is 10.2. The lowest BCUT2D eigenvalue weighted by atomic mass is 10.0. The Morgan fingerprint density at radius 1 is 1.11 bits per heavy atom. The van der Waals surface area contributed by atoms with Crippen molar-refractivity contribution >= 4 is 21.5 Å². The Bertz CT molecular complexity index is 725. The van der Waals surface area contributed by atoms with Gasteiger partial charge in [0.15, 0.2) is 5.78 Å². The summed E-state index contributed by atoms with van der Waals surface area (Å²) in [4.78, 5) is 15.2. The van der Waals surface area contributed by atoms with Gasteiger partial charge in [-0.05, 0) is 24.6 Å².